The Morgan fingerprint density at radius 2 is 2.00 bits per heavy atom. The molecule has 0 radical (unpaired) electrons. The monoisotopic (exact) mass is 579 g/mol. The van der Waals surface area contributed by atoms with E-state index in [1.54, 1.807) is 0 Å². The molecule has 10 heteroatoms. The Kier molecular flexibility index (Phi) is 7.85. The van der Waals surface area contributed by atoms with Gasteiger partial charge in [-0.3, -0.25) is 4.79 Å². The number of halogens is 2. The number of carbonyl (C=O) groups is 1. The number of hydrogen-bond acceptors (Lipinski definition) is 7. The van der Waals surface area contributed by atoms with Crippen LogP contribution < -0.4 is 9.64 Å². The van der Waals surface area contributed by atoms with Crippen LogP contribution in [0.5, 0.6) is 6.01 Å². The molecule has 0 saturated carbocycles. The molecule has 216 valence electrons. The Hall–Kier alpha value is -3.27. The Morgan fingerprint density at radius 3 is 2.73 bits per heavy atom. The standard InChI is InChI=1S/C31H35ClFN5O3/c1-19-16-37(13-14-38(19)30(39)20(2)33)29-24-18-40-27(23-10-4-7-21-8-5-11-25(32)28(21)23)15-26(24)34-31(35-29)41-17-22-9-6-12-36(22)3/h4-5,7-8,10-11,19,22,27H,2,6,9,12-18H2,1,3H3/t19-,22+,27?/m1/s1. The van der Waals surface area contributed by atoms with Gasteiger partial charge < -0.3 is 24.2 Å². The number of ether oxygens (including phenoxy) is 2. The first-order valence-corrected chi connectivity index (χ1v) is 14.6. The quantitative estimate of drug-likeness (QED) is 0.377. The van der Waals surface area contributed by atoms with Gasteiger partial charge in [0.2, 0.25) is 0 Å². The lowest BCUT2D eigenvalue weighted by atomic mass is 9.94. The number of anilines is 1. The molecule has 1 amide bonds. The summed E-state index contributed by atoms with van der Waals surface area (Å²) in [4.78, 5) is 28.1. The van der Waals surface area contributed by atoms with Crippen LogP contribution in [0.15, 0.2) is 48.8 Å². The van der Waals surface area contributed by atoms with Gasteiger partial charge in [0.15, 0.2) is 5.83 Å². The fourth-order valence-electron chi connectivity index (χ4n) is 6.32. The molecule has 0 bridgehead atoms. The predicted octanol–water partition coefficient (Wildman–Crippen LogP) is 5.09. The van der Waals surface area contributed by atoms with Gasteiger partial charge in [-0.1, -0.05) is 48.5 Å². The maximum absolute atomic E-state index is 13.6. The molecule has 2 fully saturated rings. The van der Waals surface area contributed by atoms with E-state index in [9.17, 15) is 9.18 Å². The number of piperazine rings is 1. The van der Waals surface area contributed by atoms with Crippen LogP contribution in [-0.2, 0) is 22.6 Å². The zero-order chi connectivity index (χ0) is 28.7. The number of benzene rings is 2. The van der Waals surface area contributed by atoms with Crippen LogP contribution >= 0.6 is 11.6 Å². The minimum atomic E-state index is -0.940. The molecule has 3 aliphatic rings. The van der Waals surface area contributed by atoms with Crippen molar-refractivity contribution >= 4 is 34.1 Å². The van der Waals surface area contributed by atoms with Crippen LogP contribution in [0.3, 0.4) is 0 Å². The SMILES string of the molecule is C=C(F)C(=O)N1CCN(c2nc(OC[C@@H]3CCCN3C)nc3c2COC(c2cccc4cccc(Cl)c24)C3)C[C@H]1C. The molecule has 0 aliphatic carbocycles. The molecule has 0 N–H and O–H groups in total. The minimum Gasteiger partial charge on any atom is -0.462 e. The number of carbonyl (C=O) groups excluding carboxylic acids is 1. The summed E-state index contributed by atoms with van der Waals surface area (Å²) in [5.74, 6) is -0.853. The number of likely N-dealkylation sites (tertiary alicyclic amines) is 1. The highest BCUT2D eigenvalue weighted by molar-refractivity contribution is 6.35. The maximum atomic E-state index is 13.6. The van der Waals surface area contributed by atoms with Crippen molar-refractivity contribution in [1.82, 2.24) is 19.8 Å². The second-order valence-electron chi connectivity index (χ2n) is 11.2. The van der Waals surface area contributed by atoms with Crippen molar-refractivity contribution in [3.8, 4) is 6.01 Å². The van der Waals surface area contributed by atoms with Gasteiger partial charge >= 0.3 is 6.01 Å². The molecular formula is C31H35ClFN5O3. The van der Waals surface area contributed by atoms with E-state index in [4.69, 9.17) is 31.0 Å². The van der Waals surface area contributed by atoms with E-state index >= 15 is 0 Å². The predicted molar refractivity (Wildman–Crippen MR) is 157 cm³/mol. The van der Waals surface area contributed by atoms with Gasteiger partial charge in [-0.15, -0.1) is 0 Å². The number of rotatable bonds is 6. The molecule has 3 aliphatic heterocycles. The third-order valence-electron chi connectivity index (χ3n) is 8.59. The number of likely N-dealkylation sites (N-methyl/N-ethyl adjacent to an activating group) is 1. The van der Waals surface area contributed by atoms with Crippen LogP contribution in [0.25, 0.3) is 10.8 Å². The zero-order valence-corrected chi connectivity index (χ0v) is 24.2. The minimum absolute atomic E-state index is 0.221. The van der Waals surface area contributed by atoms with Crippen molar-refractivity contribution < 1.29 is 18.7 Å². The van der Waals surface area contributed by atoms with E-state index in [2.05, 4.69) is 41.6 Å². The Balaban J connectivity index is 1.32. The number of hydrogen-bond donors (Lipinski definition) is 0. The van der Waals surface area contributed by atoms with Gasteiger partial charge in [-0.2, -0.15) is 9.97 Å². The number of nitrogens with zero attached hydrogens (tertiary/aromatic N) is 5. The Bertz CT molecular complexity index is 1480. The zero-order valence-electron chi connectivity index (χ0n) is 23.5. The summed E-state index contributed by atoms with van der Waals surface area (Å²) in [5, 5.41) is 2.75. The van der Waals surface area contributed by atoms with Crippen LogP contribution in [0.2, 0.25) is 5.02 Å². The van der Waals surface area contributed by atoms with Gasteiger partial charge in [0.1, 0.15) is 12.4 Å². The molecule has 6 rings (SSSR count). The van der Waals surface area contributed by atoms with Crippen molar-refractivity contribution in [2.45, 2.75) is 51.0 Å². The highest BCUT2D eigenvalue weighted by atomic mass is 35.5. The van der Waals surface area contributed by atoms with Crippen molar-refractivity contribution in [3.05, 3.63) is 70.6 Å². The summed E-state index contributed by atoms with van der Waals surface area (Å²) in [6.45, 7) is 8.36. The number of aromatic nitrogens is 2. The maximum Gasteiger partial charge on any atom is 0.318 e. The molecule has 3 aromatic rings. The van der Waals surface area contributed by atoms with E-state index in [-0.39, 0.29) is 12.1 Å². The lowest BCUT2D eigenvalue weighted by molar-refractivity contribution is -0.131. The molecule has 3 atom stereocenters. The fraction of sp³-hybridized carbons (Fsp3) is 0.452. The van der Waals surface area contributed by atoms with Crippen molar-refractivity contribution in [2.75, 3.05) is 44.7 Å². The van der Waals surface area contributed by atoms with Crippen molar-refractivity contribution in [2.24, 2.45) is 0 Å². The first kappa shape index (κ1) is 27.9. The molecule has 8 nitrogen and oxygen atoms in total. The average Bonchev–Trinajstić information content (AvgIpc) is 3.39. The summed E-state index contributed by atoms with van der Waals surface area (Å²) in [6.07, 6.45) is 2.55. The molecule has 2 aromatic carbocycles. The normalized spacial score (nSPS) is 23.1. The van der Waals surface area contributed by atoms with Gasteiger partial charge in [0.25, 0.3) is 5.91 Å². The van der Waals surface area contributed by atoms with Crippen molar-refractivity contribution in [1.29, 1.82) is 0 Å². The lowest BCUT2D eigenvalue weighted by Gasteiger charge is -2.41. The summed E-state index contributed by atoms with van der Waals surface area (Å²) < 4.78 is 26.3. The third-order valence-corrected chi connectivity index (χ3v) is 8.90. The van der Waals surface area contributed by atoms with Crippen LogP contribution in [0.4, 0.5) is 10.2 Å². The van der Waals surface area contributed by atoms with Gasteiger partial charge in [0, 0.05) is 54.1 Å². The van der Waals surface area contributed by atoms with Gasteiger partial charge in [-0.25, -0.2) is 4.39 Å². The van der Waals surface area contributed by atoms with E-state index < -0.39 is 11.7 Å². The molecule has 1 unspecified atom stereocenters. The molecule has 4 heterocycles. The number of amides is 1. The fourth-order valence-corrected chi connectivity index (χ4v) is 6.61. The second kappa shape index (κ2) is 11.5. The first-order valence-electron chi connectivity index (χ1n) is 14.2. The van der Waals surface area contributed by atoms with Gasteiger partial charge in [-0.05, 0) is 50.4 Å². The first-order chi connectivity index (χ1) is 19.8. The topological polar surface area (TPSA) is 71.0 Å². The third kappa shape index (κ3) is 5.50. The molecular weight excluding hydrogens is 545 g/mol. The highest BCUT2D eigenvalue weighted by Crippen LogP contribution is 2.39. The summed E-state index contributed by atoms with van der Waals surface area (Å²) in [7, 11) is 2.12. The molecule has 2 saturated heterocycles. The van der Waals surface area contributed by atoms with E-state index in [1.807, 2.05) is 25.1 Å². The van der Waals surface area contributed by atoms with Crippen LogP contribution in [-0.4, -0.2) is 77.6 Å². The molecule has 1 aromatic heterocycles. The molecule has 0 spiro atoms. The summed E-state index contributed by atoms with van der Waals surface area (Å²) >= 11 is 6.65. The summed E-state index contributed by atoms with van der Waals surface area (Å²) in [5.41, 5.74) is 2.83. The van der Waals surface area contributed by atoms with E-state index in [0.717, 1.165) is 52.8 Å². The lowest BCUT2D eigenvalue weighted by Crippen LogP contribution is -2.54. The van der Waals surface area contributed by atoms with Crippen molar-refractivity contribution in [3.63, 3.8) is 0 Å². The van der Waals surface area contributed by atoms with Crippen LogP contribution in [0, 0.1) is 0 Å². The van der Waals surface area contributed by atoms with E-state index in [0.29, 0.717) is 56.3 Å². The smallest absolute Gasteiger partial charge is 0.318 e. The van der Waals surface area contributed by atoms with Crippen LogP contribution in [0.1, 0.15) is 42.7 Å². The second-order valence-corrected chi connectivity index (χ2v) is 11.6. The largest absolute Gasteiger partial charge is 0.462 e. The Labute approximate surface area is 244 Å². The van der Waals surface area contributed by atoms with E-state index in [1.165, 1.54) is 4.90 Å². The number of fused-ring (bicyclic) bond motifs is 2. The average molecular weight is 580 g/mol. The highest BCUT2D eigenvalue weighted by Gasteiger charge is 2.34. The van der Waals surface area contributed by atoms with Gasteiger partial charge in [0.05, 0.1) is 18.4 Å². The molecule has 41 heavy (non-hydrogen) atoms. The summed E-state index contributed by atoms with van der Waals surface area (Å²) in [6, 6.07) is 12.5. The Morgan fingerprint density at radius 1 is 1.20 bits per heavy atom.